The van der Waals surface area contributed by atoms with E-state index in [0.717, 1.165) is 30.6 Å². The lowest BCUT2D eigenvalue weighted by molar-refractivity contribution is -0.136. The molecule has 5 nitrogen and oxygen atoms in total. The molecule has 0 aromatic carbocycles. The summed E-state index contributed by atoms with van der Waals surface area (Å²) in [5, 5.41) is 5.58. The zero-order chi connectivity index (χ0) is 16.2. The van der Waals surface area contributed by atoms with Crippen molar-refractivity contribution in [3.63, 3.8) is 0 Å². The molecule has 23 heavy (non-hydrogen) atoms. The summed E-state index contributed by atoms with van der Waals surface area (Å²) < 4.78 is 0. The molecule has 2 bridgehead atoms. The van der Waals surface area contributed by atoms with E-state index in [1.54, 1.807) is 11.3 Å². The number of hydrogen-bond acceptors (Lipinski definition) is 4. The number of hydrogen-bond donors (Lipinski definition) is 1. The number of nitrogens with zero attached hydrogens (tertiary/aromatic N) is 2. The first-order chi connectivity index (χ1) is 11.0. The monoisotopic (exact) mass is 333 g/mol. The van der Waals surface area contributed by atoms with Crippen molar-refractivity contribution in [1.82, 2.24) is 15.1 Å². The van der Waals surface area contributed by atoms with Gasteiger partial charge in [-0.15, -0.1) is 11.3 Å². The van der Waals surface area contributed by atoms with E-state index in [1.807, 2.05) is 36.3 Å². The molecule has 3 fully saturated rings. The van der Waals surface area contributed by atoms with Crippen molar-refractivity contribution in [3.8, 4) is 0 Å². The van der Waals surface area contributed by atoms with Crippen molar-refractivity contribution < 1.29 is 9.59 Å². The number of nitrogens with one attached hydrogen (secondary N) is 1. The Morgan fingerprint density at radius 3 is 2.57 bits per heavy atom. The molecule has 2 unspecified atom stereocenters. The minimum atomic E-state index is -0.625. The molecule has 1 spiro atoms. The summed E-state index contributed by atoms with van der Waals surface area (Å²) in [6.45, 7) is 4.44. The van der Waals surface area contributed by atoms with E-state index in [0.29, 0.717) is 18.6 Å². The molecule has 2 atom stereocenters. The molecule has 3 amide bonds. The van der Waals surface area contributed by atoms with Crippen LogP contribution in [-0.2, 0) is 11.3 Å². The Labute approximate surface area is 140 Å². The van der Waals surface area contributed by atoms with Crippen LogP contribution in [0.25, 0.3) is 0 Å². The van der Waals surface area contributed by atoms with Crippen molar-refractivity contribution in [2.45, 2.75) is 69.7 Å². The van der Waals surface area contributed by atoms with Crippen LogP contribution < -0.4 is 5.32 Å². The standard InChI is InChI=1S/C17H23N3O2S/c1-11(2)20-16(22)19(10-14-4-3-7-23-14)15(21)17(20)8-12-5-6-13(9-17)18-12/h3-4,7,11-13,18H,5-6,8-10H2,1-2H3. The van der Waals surface area contributed by atoms with Crippen molar-refractivity contribution in [3.05, 3.63) is 22.4 Å². The Morgan fingerprint density at radius 1 is 1.30 bits per heavy atom. The van der Waals surface area contributed by atoms with Crippen LogP contribution in [0, 0.1) is 0 Å². The lowest BCUT2D eigenvalue weighted by Crippen LogP contribution is -2.60. The highest BCUT2D eigenvalue weighted by Crippen LogP contribution is 2.44. The SMILES string of the molecule is CC(C)N1C(=O)N(Cc2cccs2)C(=O)C12CC1CCC(C2)N1. The van der Waals surface area contributed by atoms with Crippen LogP contribution in [-0.4, -0.2) is 45.4 Å². The number of carbonyl (C=O) groups excluding carboxylic acids is 2. The number of rotatable bonds is 3. The van der Waals surface area contributed by atoms with Gasteiger partial charge in [-0.05, 0) is 51.0 Å². The molecule has 0 radical (unpaired) electrons. The lowest BCUT2D eigenvalue weighted by atomic mass is 9.82. The molecule has 1 N–H and O–H groups in total. The Kier molecular flexibility index (Phi) is 3.50. The van der Waals surface area contributed by atoms with Crippen molar-refractivity contribution in [1.29, 1.82) is 0 Å². The van der Waals surface area contributed by atoms with Gasteiger partial charge in [0.05, 0.1) is 6.54 Å². The fourth-order valence-electron chi connectivity index (χ4n) is 4.66. The molecule has 4 rings (SSSR count). The van der Waals surface area contributed by atoms with Crippen molar-refractivity contribution >= 4 is 23.3 Å². The van der Waals surface area contributed by atoms with Gasteiger partial charge in [-0.2, -0.15) is 0 Å². The molecular weight excluding hydrogens is 310 g/mol. The smallest absolute Gasteiger partial charge is 0.311 e. The molecule has 3 aliphatic rings. The summed E-state index contributed by atoms with van der Waals surface area (Å²) in [5.74, 6) is 0.0167. The van der Waals surface area contributed by atoms with Gasteiger partial charge in [0.15, 0.2) is 0 Å². The zero-order valence-electron chi connectivity index (χ0n) is 13.6. The number of piperidine rings is 1. The van der Waals surface area contributed by atoms with Gasteiger partial charge in [-0.3, -0.25) is 9.69 Å². The van der Waals surface area contributed by atoms with Crippen LogP contribution in [0.5, 0.6) is 0 Å². The molecule has 1 aromatic heterocycles. The maximum absolute atomic E-state index is 13.3. The second kappa shape index (κ2) is 5.31. The third kappa shape index (κ3) is 2.22. The molecule has 6 heteroatoms. The number of amides is 3. The molecule has 0 aliphatic carbocycles. The summed E-state index contributed by atoms with van der Waals surface area (Å²) in [6.07, 6.45) is 3.75. The highest BCUT2D eigenvalue weighted by molar-refractivity contribution is 7.09. The average molecular weight is 333 g/mol. The Morgan fingerprint density at radius 2 is 2.00 bits per heavy atom. The lowest BCUT2D eigenvalue weighted by Gasteiger charge is -2.43. The number of carbonyl (C=O) groups is 2. The normalized spacial score (nSPS) is 33.5. The topological polar surface area (TPSA) is 52.7 Å². The molecule has 124 valence electrons. The summed E-state index contributed by atoms with van der Waals surface area (Å²) in [4.78, 5) is 30.7. The van der Waals surface area contributed by atoms with Gasteiger partial charge in [-0.1, -0.05) is 6.07 Å². The Hall–Kier alpha value is -1.40. The molecule has 1 aromatic rings. The first kappa shape index (κ1) is 15.1. The predicted octanol–water partition coefficient (Wildman–Crippen LogP) is 2.57. The minimum Gasteiger partial charge on any atom is -0.311 e. The van der Waals surface area contributed by atoms with Crippen LogP contribution in [0.4, 0.5) is 4.79 Å². The van der Waals surface area contributed by atoms with Gasteiger partial charge in [0.25, 0.3) is 5.91 Å². The van der Waals surface area contributed by atoms with Gasteiger partial charge in [0.1, 0.15) is 5.54 Å². The summed E-state index contributed by atoms with van der Waals surface area (Å²) in [6, 6.07) is 4.62. The highest BCUT2D eigenvalue weighted by Gasteiger charge is 2.61. The van der Waals surface area contributed by atoms with Gasteiger partial charge in [0, 0.05) is 23.0 Å². The van der Waals surface area contributed by atoms with E-state index in [1.165, 1.54) is 4.90 Å². The van der Waals surface area contributed by atoms with E-state index in [-0.39, 0.29) is 18.0 Å². The van der Waals surface area contributed by atoms with Gasteiger partial charge < -0.3 is 10.2 Å². The van der Waals surface area contributed by atoms with Crippen LogP contribution >= 0.6 is 11.3 Å². The van der Waals surface area contributed by atoms with Crippen molar-refractivity contribution in [2.24, 2.45) is 0 Å². The second-order valence-corrected chi connectivity index (χ2v) is 8.33. The maximum atomic E-state index is 13.3. The Bertz CT molecular complexity index is 616. The largest absolute Gasteiger partial charge is 0.328 e. The first-order valence-corrected chi connectivity index (χ1v) is 9.33. The maximum Gasteiger partial charge on any atom is 0.328 e. The zero-order valence-corrected chi connectivity index (χ0v) is 14.4. The van der Waals surface area contributed by atoms with Gasteiger partial charge in [-0.25, -0.2) is 4.79 Å². The van der Waals surface area contributed by atoms with Crippen LogP contribution in [0.3, 0.4) is 0 Å². The van der Waals surface area contributed by atoms with E-state index in [9.17, 15) is 9.59 Å². The first-order valence-electron chi connectivity index (χ1n) is 8.45. The number of imide groups is 1. The third-order valence-corrected chi connectivity index (χ3v) is 6.32. The molecular formula is C17H23N3O2S. The summed E-state index contributed by atoms with van der Waals surface area (Å²) in [7, 11) is 0. The van der Waals surface area contributed by atoms with Crippen molar-refractivity contribution in [2.75, 3.05) is 0 Å². The minimum absolute atomic E-state index is 0.0167. The van der Waals surface area contributed by atoms with Gasteiger partial charge in [0.2, 0.25) is 0 Å². The molecule has 0 saturated carbocycles. The van der Waals surface area contributed by atoms with Crippen LogP contribution in [0.2, 0.25) is 0 Å². The quantitative estimate of drug-likeness (QED) is 0.865. The molecule has 3 saturated heterocycles. The number of fused-ring (bicyclic) bond motifs is 2. The molecule has 3 aliphatic heterocycles. The number of thiophene rings is 1. The van der Waals surface area contributed by atoms with Crippen LogP contribution in [0.1, 0.15) is 44.4 Å². The van der Waals surface area contributed by atoms with Crippen LogP contribution in [0.15, 0.2) is 17.5 Å². The third-order valence-electron chi connectivity index (χ3n) is 5.45. The van der Waals surface area contributed by atoms with E-state index >= 15 is 0 Å². The number of urea groups is 1. The summed E-state index contributed by atoms with van der Waals surface area (Å²) in [5.41, 5.74) is -0.625. The molecule has 4 heterocycles. The Balaban J connectivity index is 1.69. The second-order valence-electron chi connectivity index (χ2n) is 7.29. The fraction of sp³-hybridized carbons (Fsp3) is 0.647. The fourth-order valence-corrected chi connectivity index (χ4v) is 5.35. The van der Waals surface area contributed by atoms with E-state index in [4.69, 9.17) is 0 Å². The predicted molar refractivity (Wildman–Crippen MR) is 89.2 cm³/mol. The summed E-state index contributed by atoms with van der Waals surface area (Å²) >= 11 is 1.60. The van der Waals surface area contributed by atoms with E-state index < -0.39 is 5.54 Å². The van der Waals surface area contributed by atoms with Gasteiger partial charge >= 0.3 is 6.03 Å². The van der Waals surface area contributed by atoms with E-state index in [2.05, 4.69) is 5.32 Å². The average Bonchev–Trinajstić information content (AvgIpc) is 3.17. The highest BCUT2D eigenvalue weighted by atomic mass is 32.1.